The molecule has 24 heavy (non-hydrogen) atoms. The fraction of sp³-hybridized carbons (Fsp3) is 0.600. The van der Waals surface area contributed by atoms with Crippen LogP contribution in [0.2, 0.25) is 0 Å². The van der Waals surface area contributed by atoms with Gasteiger partial charge in [0.15, 0.2) is 0 Å². The number of nitro benzene ring substituents is 2. The van der Waals surface area contributed by atoms with Crippen LogP contribution in [0.5, 0.6) is 0 Å². The van der Waals surface area contributed by atoms with Gasteiger partial charge in [0.1, 0.15) is 5.69 Å². The summed E-state index contributed by atoms with van der Waals surface area (Å²) in [5.74, 6) is 0. The van der Waals surface area contributed by atoms with E-state index in [4.69, 9.17) is 4.74 Å². The lowest BCUT2D eigenvalue weighted by Gasteiger charge is -2.29. The fourth-order valence-electron chi connectivity index (χ4n) is 1.87. The molecule has 1 aromatic carbocycles. The van der Waals surface area contributed by atoms with Gasteiger partial charge in [-0.1, -0.05) is 22.6 Å². The standard InChI is InChI=1S/C15H22IN3O5/c1-14(2,16)10-24-15(3,4)7-8-17-12-6-5-11(18(20)21)9-13(12)19(22)23/h5-6,9,17H,7-8,10H2,1-4H3. The smallest absolute Gasteiger partial charge is 0.299 e. The summed E-state index contributed by atoms with van der Waals surface area (Å²) in [7, 11) is 0. The number of alkyl halides is 1. The van der Waals surface area contributed by atoms with E-state index in [1.165, 1.54) is 12.1 Å². The van der Waals surface area contributed by atoms with E-state index < -0.39 is 9.85 Å². The number of halogens is 1. The molecule has 0 unspecified atom stereocenters. The van der Waals surface area contributed by atoms with Crippen molar-refractivity contribution < 1.29 is 14.6 Å². The Morgan fingerprint density at radius 1 is 1.17 bits per heavy atom. The van der Waals surface area contributed by atoms with E-state index in [1.54, 1.807) is 0 Å². The van der Waals surface area contributed by atoms with E-state index in [1.807, 2.05) is 13.8 Å². The Morgan fingerprint density at radius 2 is 1.79 bits per heavy atom. The summed E-state index contributed by atoms with van der Waals surface area (Å²) < 4.78 is 5.92. The quantitative estimate of drug-likeness (QED) is 0.260. The van der Waals surface area contributed by atoms with E-state index in [-0.39, 0.29) is 26.1 Å². The highest BCUT2D eigenvalue weighted by Gasteiger charge is 2.24. The average molecular weight is 451 g/mol. The first-order valence-corrected chi connectivity index (χ1v) is 8.49. The monoisotopic (exact) mass is 451 g/mol. The maximum absolute atomic E-state index is 11.1. The summed E-state index contributed by atoms with van der Waals surface area (Å²) in [6.07, 6.45) is 0.633. The molecule has 1 N–H and O–H groups in total. The molecule has 0 aliphatic rings. The number of nitro groups is 2. The molecular weight excluding hydrogens is 429 g/mol. The lowest BCUT2D eigenvalue weighted by atomic mass is 10.0. The SMILES string of the molecule is CC(C)(I)COC(C)(C)CCNc1ccc([N+](=O)[O-])cc1[N+](=O)[O-]. The number of ether oxygens (including phenoxy) is 1. The number of nitrogens with one attached hydrogen (secondary N) is 1. The van der Waals surface area contributed by atoms with Crippen molar-refractivity contribution in [3.8, 4) is 0 Å². The van der Waals surface area contributed by atoms with Gasteiger partial charge in [-0.2, -0.15) is 0 Å². The van der Waals surface area contributed by atoms with Crippen LogP contribution in [0.1, 0.15) is 34.1 Å². The molecule has 0 radical (unpaired) electrons. The number of hydrogen-bond donors (Lipinski definition) is 1. The summed E-state index contributed by atoms with van der Waals surface area (Å²) in [4.78, 5) is 20.5. The zero-order chi connectivity index (χ0) is 18.5. The number of benzene rings is 1. The van der Waals surface area contributed by atoms with Gasteiger partial charge in [0.25, 0.3) is 11.4 Å². The van der Waals surface area contributed by atoms with Crippen LogP contribution in [-0.4, -0.2) is 32.0 Å². The third-order valence-electron chi connectivity index (χ3n) is 3.24. The molecule has 1 aromatic rings. The highest BCUT2D eigenvalue weighted by atomic mass is 127. The molecule has 0 saturated heterocycles. The Balaban J connectivity index is 2.70. The molecule has 0 amide bonds. The van der Waals surface area contributed by atoms with Crippen molar-refractivity contribution in [2.75, 3.05) is 18.5 Å². The van der Waals surface area contributed by atoms with Gasteiger partial charge >= 0.3 is 0 Å². The highest BCUT2D eigenvalue weighted by molar-refractivity contribution is 14.1. The molecule has 0 aromatic heterocycles. The minimum absolute atomic E-state index is 0.0274. The van der Waals surface area contributed by atoms with Gasteiger partial charge in [-0.15, -0.1) is 0 Å². The van der Waals surface area contributed by atoms with E-state index in [0.717, 1.165) is 6.07 Å². The molecule has 134 valence electrons. The number of hydrogen-bond acceptors (Lipinski definition) is 6. The van der Waals surface area contributed by atoms with Gasteiger partial charge in [0, 0.05) is 16.0 Å². The fourth-order valence-corrected chi connectivity index (χ4v) is 2.03. The number of anilines is 1. The molecule has 0 heterocycles. The topological polar surface area (TPSA) is 108 Å². The van der Waals surface area contributed by atoms with Gasteiger partial charge < -0.3 is 10.1 Å². The summed E-state index contributed by atoms with van der Waals surface area (Å²) in [6, 6.07) is 3.57. The first-order valence-electron chi connectivity index (χ1n) is 7.41. The van der Waals surface area contributed by atoms with Crippen LogP contribution in [-0.2, 0) is 4.74 Å². The molecule has 9 heteroatoms. The van der Waals surface area contributed by atoms with Gasteiger partial charge in [-0.3, -0.25) is 20.2 Å². The van der Waals surface area contributed by atoms with Crippen LogP contribution in [0.3, 0.4) is 0 Å². The largest absolute Gasteiger partial charge is 0.379 e. The molecular formula is C15H22IN3O5. The average Bonchev–Trinajstić information content (AvgIpc) is 2.44. The number of rotatable bonds is 9. The second-order valence-electron chi connectivity index (χ2n) is 6.66. The van der Waals surface area contributed by atoms with Gasteiger partial charge in [0.05, 0.1) is 28.1 Å². The molecule has 8 nitrogen and oxygen atoms in total. The van der Waals surface area contributed by atoms with Crippen LogP contribution >= 0.6 is 22.6 Å². The second-order valence-corrected chi connectivity index (χ2v) is 9.58. The maximum Gasteiger partial charge on any atom is 0.299 e. The second kappa shape index (κ2) is 8.06. The Kier molecular flexibility index (Phi) is 6.90. The first-order chi connectivity index (χ1) is 10.9. The minimum atomic E-state index is -0.653. The highest BCUT2D eigenvalue weighted by Crippen LogP contribution is 2.29. The Labute approximate surface area is 154 Å². The van der Waals surface area contributed by atoms with Crippen molar-refractivity contribution in [2.45, 2.75) is 43.1 Å². The molecule has 0 bridgehead atoms. The summed E-state index contributed by atoms with van der Waals surface area (Å²) in [5.41, 5.74) is -0.738. The Morgan fingerprint density at radius 3 is 2.29 bits per heavy atom. The summed E-state index contributed by atoms with van der Waals surface area (Å²) >= 11 is 2.31. The van der Waals surface area contributed by atoms with E-state index in [9.17, 15) is 20.2 Å². The predicted octanol–water partition coefficient (Wildman–Crippen LogP) is 4.31. The van der Waals surface area contributed by atoms with Crippen molar-refractivity contribution >= 4 is 39.7 Å². The number of non-ortho nitro benzene ring substituents is 1. The Bertz CT molecular complexity index is 614. The summed E-state index contributed by atoms with van der Waals surface area (Å²) in [6.45, 7) is 9.11. The van der Waals surface area contributed by atoms with Crippen molar-refractivity contribution in [1.29, 1.82) is 0 Å². The zero-order valence-electron chi connectivity index (χ0n) is 14.2. The van der Waals surface area contributed by atoms with Crippen molar-refractivity contribution in [1.82, 2.24) is 0 Å². The van der Waals surface area contributed by atoms with Crippen molar-refractivity contribution in [3.05, 3.63) is 38.4 Å². The maximum atomic E-state index is 11.1. The summed E-state index contributed by atoms with van der Waals surface area (Å²) in [5, 5.41) is 24.8. The molecule has 0 fully saturated rings. The van der Waals surface area contributed by atoms with Gasteiger partial charge in [-0.05, 0) is 40.2 Å². The molecule has 0 spiro atoms. The molecule has 0 aliphatic heterocycles. The molecule has 1 rings (SSSR count). The molecule has 0 atom stereocenters. The lowest BCUT2D eigenvalue weighted by Crippen LogP contribution is -2.32. The third-order valence-corrected chi connectivity index (χ3v) is 3.55. The van der Waals surface area contributed by atoms with E-state index in [0.29, 0.717) is 19.6 Å². The van der Waals surface area contributed by atoms with Crippen LogP contribution in [0.15, 0.2) is 18.2 Å². The van der Waals surface area contributed by atoms with Gasteiger partial charge in [0.2, 0.25) is 0 Å². The van der Waals surface area contributed by atoms with E-state index >= 15 is 0 Å². The normalized spacial score (nSPS) is 12.0. The lowest BCUT2D eigenvalue weighted by molar-refractivity contribution is -0.393. The predicted molar refractivity (Wildman–Crippen MR) is 101 cm³/mol. The Hall–Kier alpha value is -1.49. The van der Waals surface area contributed by atoms with Crippen molar-refractivity contribution in [2.24, 2.45) is 0 Å². The molecule has 0 aliphatic carbocycles. The molecule has 0 saturated carbocycles. The van der Waals surface area contributed by atoms with Gasteiger partial charge in [-0.25, -0.2) is 0 Å². The van der Waals surface area contributed by atoms with Crippen molar-refractivity contribution in [3.63, 3.8) is 0 Å². The minimum Gasteiger partial charge on any atom is -0.379 e. The van der Waals surface area contributed by atoms with Crippen LogP contribution in [0.4, 0.5) is 17.1 Å². The van der Waals surface area contributed by atoms with Crippen LogP contribution in [0.25, 0.3) is 0 Å². The van der Waals surface area contributed by atoms with E-state index in [2.05, 4.69) is 41.8 Å². The zero-order valence-corrected chi connectivity index (χ0v) is 16.3. The third kappa shape index (κ3) is 6.95. The number of nitrogens with zero attached hydrogens (tertiary/aromatic N) is 2. The first kappa shape index (κ1) is 20.6. The van der Waals surface area contributed by atoms with Crippen LogP contribution in [0, 0.1) is 20.2 Å². The van der Waals surface area contributed by atoms with Crippen LogP contribution < -0.4 is 5.32 Å².